The Morgan fingerprint density at radius 1 is 1.35 bits per heavy atom. The van der Waals surface area contributed by atoms with Gasteiger partial charge in [-0.2, -0.15) is 0 Å². The molecule has 1 amide bonds. The molecule has 1 fully saturated rings. The SMILES string of the molecule is O=C(CCNCC1CCCO1)NCc1ccc(F)cc1. The topological polar surface area (TPSA) is 50.4 Å². The lowest BCUT2D eigenvalue weighted by Gasteiger charge is -2.10. The van der Waals surface area contributed by atoms with Crippen LogP contribution in [0.4, 0.5) is 4.39 Å². The van der Waals surface area contributed by atoms with E-state index in [-0.39, 0.29) is 11.7 Å². The molecule has 1 aromatic carbocycles. The molecule has 0 radical (unpaired) electrons. The number of nitrogens with one attached hydrogen (secondary N) is 2. The Kier molecular flexibility index (Phi) is 5.95. The molecule has 1 heterocycles. The van der Waals surface area contributed by atoms with Gasteiger partial charge in [-0.25, -0.2) is 4.39 Å². The molecule has 1 atom stereocenters. The number of hydrogen-bond donors (Lipinski definition) is 2. The van der Waals surface area contributed by atoms with Crippen LogP contribution in [0.1, 0.15) is 24.8 Å². The Morgan fingerprint density at radius 3 is 2.85 bits per heavy atom. The maximum absolute atomic E-state index is 12.7. The van der Waals surface area contributed by atoms with Crippen LogP contribution in [0.15, 0.2) is 24.3 Å². The van der Waals surface area contributed by atoms with E-state index in [0.29, 0.717) is 25.6 Å². The van der Waals surface area contributed by atoms with Gasteiger partial charge in [-0.15, -0.1) is 0 Å². The van der Waals surface area contributed by atoms with Gasteiger partial charge in [0.2, 0.25) is 5.91 Å². The number of carbonyl (C=O) groups excluding carboxylic acids is 1. The molecule has 0 aliphatic carbocycles. The third-order valence-corrected chi connectivity index (χ3v) is 3.33. The van der Waals surface area contributed by atoms with Crippen LogP contribution >= 0.6 is 0 Å². The van der Waals surface area contributed by atoms with Gasteiger partial charge in [0.1, 0.15) is 5.82 Å². The average Bonchev–Trinajstić information content (AvgIpc) is 2.96. The van der Waals surface area contributed by atoms with Crippen LogP contribution in [0.5, 0.6) is 0 Å². The molecule has 20 heavy (non-hydrogen) atoms. The predicted molar refractivity (Wildman–Crippen MR) is 74.7 cm³/mol. The Hall–Kier alpha value is -1.46. The second-order valence-corrected chi connectivity index (χ2v) is 4.99. The van der Waals surface area contributed by atoms with E-state index in [1.54, 1.807) is 12.1 Å². The Balaban J connectivity index is 1.54. The summed E-state index contributed by atoms with van der Waals surface area (Å²) in [4.78, 5) is 11.6. The third kappa shape index (κ3) is 5.27. The quantitative estimate of drug-likeness (QED) is 0.746. The minimum absolute atomic E-state index is 0.00540. The van der Waals surface area contributed by atoms with Crippen molar-refractivity contribution in [2.45, 2.75) is 31.9 Å². The molecule has 5 heteroatoms. The fourth-order valence-electron chi connectivity index (χ4n) is 2.16. The molecule has 2 rings (SSSR count). The Bertz CT molecular complexity index is 416. The summed E-state index contributed by atoms with van der Waals surface area (Å²) in [5.41, 5.74) is 0.895. The highest BCUT2D eigenvalue weighted by molar-refractivity contribution is 5.76. The van der Waals surface area contributed by atoms with Crippen LogP contribution in [0.3, 0.4) is 0 Å². The highest BCUT2D eigenvalue weighted by atomic mass is 19.1. The third-order valence-electron chi connectivity index (χ3n) is 3.33. The lowest BCUT2D eigenvalue weighted by atomic mass is 10.2. The highest BCUT2D eigenvalue weighted by Crippen LogP contribution is 2.10. The van der Waals surface area contributed by atoms with Crippen molar-refractivity contribution in [1.29, 1.82) is 0 Å². The second-order valence-electron chi connectivity index (χ2n) is 4.99. The Labute approximate surface area is 118 Å². The van der Waals surface area contributed by atoms with Crippen LogP contribution in [0.2, 0.25) is 0 Å². The lowest BCUT2D eigenvalue weighted by Crippen LogP contribution is -2.31. The lowest BCUT2D eigenvalue weighted by molar-refractivity contribution is -0.121. The standard InChI is InChI=1S/C15H21FN2O2/c16-13-5-3-12(4-6-13)10-18-15(19)7-8-17-11-14-2-1-9-20-14/h3-6,14,17H,1-2,7-11H2,(H,18,19). The van der Waals surface area contributed by atoms with Crippen molar-refractivity contribution in [1.82, 2.24) is 10.6 Å². The molecule has 1 saturated heterocycles. The van der Waals surface area contributed by atoms with Gasteiger partial charge >= 0.3 is 0 Å². The first-order valence-electron chi connectivity index (χ1n) is 7.07. The minimum Gasteiger partial charge on any atom is -0.377 e. The zero-order valence-electron chi connectivity index (χ0n) is 11.5. The molecule has 1 aliphatic heterocycles. The van der Waals surface area contributed by atoms with Gasteiger partial charge in [-0.05, 0) is 30.5 Å². The molecule has 1 aliphatic rings. The predicted octanol–water partition coefficient (Wildman–Crippen LogP) is 1.60. The zero-order valence-corrected chi connectivity index (χ0v) is 11.5. The van der Waals surface area contributed by atoms with Crippen molar-refractivity contribution in [3.05, 3.63) is 35.6 Å². The first-order valence-corrected chi connectivity index (χ1v) is 7.07. The number of carbonyl (C=O) groups is 1. The molecule has 4 nitrogen and oxygen atoms in total. The number of hydrogen-bond acceptors (Lipinski definition) is 3. The fraction of sp³-hybridized carbons (Fsp3) is 0.533. The Morgan fingerprint density at radius 2 is 2.15 bits per heavy atom. The van der Waals surface area contributed by atoms with Gasteiger partial charge in [0.05, 0.1) is 6.10 Å². The van der Waals surface area contributed by atoms with Crippen molar-refractivity contribution in [3.8, 4) is 0 Å². The normalized spacial score (nSPS) is 18.1. The molecule has 0 aromatic heterocycles. The number of benzene rings is 1. The van der Waals surface area contributed by atoms with Gasteiger partial charge in [-0.3, -0.25) is 4.79 Å². The van der Waals surface area contributed by atoms with E-state index in [1.165, 1.54) is 12.1 Å². The van der Waals surface area contributed by atoms with E-state index in [1.807, 2.05) is 0 Å². The van der Waals surface area contributed by atoms with Crippen molar-refractivity contribution >= 4 is 5.91 Å². The monoisotopic (exact) mass is 280 g/mol. The molecular weight excluding hydrogens is 259 g/mol. The number of halogens is 1. The smallest absolute Gasteiger partial charge is 0.221 e. The molecular formula is C15H21FN2O2. The average molecular weight is 280 g/mol. The summed E-state index contributed by atoms with van der Waals surface area (Å²) < 4.78 is 18.2. The van der Waals surface area contributed by atoms with Crippen molar-refractivity contribution in [2.24, 2.45) is 0 Å². The highest BCUT2D eigenvalue weighted by Gasteiger charge is 2.14. The van der Waals surface area contributed by atoms with Crippen LogP contribution in [0, 0.1) is 5.82 Å². The van der Waals surface area contributed by atoms with Crippen LogP contribution < -0.4 is 10.6 Å². The van der Waals surface area contributed by atoms with E-state index >= 15 is 0 Å². The molecule has 0 saturated carbocycles. The van der Waals surface area contributed by atoms with Crippen molar-refractivity contribution in [2.75, 3.05) is 19.7 Å². The maximum Gasteiger partial charge on any atom is 0.221 e. The van der Waals surface area contributed by atoms with Crippen LogP contribution in [0.25, 0.3) is 0 Å². The molecule has 2 N–H and O–H groups in total. The number of amides is 1. The van der Waals surface area contributed by atoms with Gasteiger partial charge in [-0.1, -0.05) is 12.1 Å². The summed E-state index contributed by atoms with van der Waals surface area (Å²) >= 11 is 0. The number of ether oxygens (including phenoxy) is 1. The zero-order chi connectivity index (χ0) is 14.2. The van der Waals surface area contributed by atoms with E-state index in [4.69, 9.17) is 4.74 Å². The first kappa shape index (κ1) is 14.9. The van der Waals surface area contributed by atoms with E-state index in [9.17, 15) is 9.18 Å². The first-order chi connectivity index (χ1) is 9.74. The van der Waals surface area contributed by atoms with Crippen LogP contribution in [-0.4, -0.2) is 31.7 Å². The number of rotatable bonds is 7. The van der Waals surface area contributed by atoms with E-state index in [2.05, 4.69) is 10.6 Å². The maximum atomic E-state index is 12.7. The van der Waals surface area contributed by atoms with Crippen LogP contribution in [-0.2, 0) is 16.1 Å². The van der Waals surface area contributed by atoms with Crippen molar-refractivity contribution < 1.29 is 13.9 Å². The van der Waals surface area contributed by atoms with Gasteiger partial charge in [0, 0.05) is 32.7 Å². The van der Waals surface area contributed by atoms with Gasteiger partial charge in [0.15, 0.2) is 0 Å². The second kappa shape index (κ2) is 7.97. The summed E-state index contributed by atoms with van der Waals surface area (Å²) in [5.74, 6) is -0.271. The fourth-order valence-corrected chi connectivity index (χ4v) is 2.16. The summed E-state index contributed by atoms with van der Waals surface area (Å²) in [6, 6.07) is 6.13. The van der Waals surface area contributed by atoms with Gasteiger partial charge < -0.3 is 15.4 Å². The summed E-state index contributed by atoms with van der Waals surface area (Å²) in [6.07, 6.45) is 2.97. The largest absolute Gasteiger partial charge is 0.377 e. The van der Waals surface area contributed by atoms with E-state index < -0.39 is 0 Å². The molecule has 0 bridgehead atoms. The van der Waals surface area contributed by atoms with Gasteiger partial charge in [0.25, 0.3) is 0 Å². The molecule has 110 valence electrons. The molecule has 1 unspecified atom stereocenters. The molecule has 0 spiro atoms. The minimum atomic E-state index is -0.265. The summed E-state index contributed by atoms with van der Waals surface area (Å²) in [6.45, 7) is 2.75. The summed E-state index contributed by atoms with van der Waals surface area (Å²) in [7, 11) is 0. The molecule has 1 aromatic rings. The summed E-state index contributed by atoms with van der Waals surface area (Å²) in [5, 5.41) is 6.04. The van der Waals surface area contributed by atoms with Crippen molar-refractivity contribution in [3.63, 3.8) is 0 Å². The van der Waals surface area contributed by atoms with E-state index in [0.717, 1.165) is 31.6 Å².